The van der Waals surface area contributed by atoms with Crippen molar-refractivity contribution in [2.75, 3.05) is 0 Å². The number of carboxylic acid groups (broad SMARTS) is 1. The Hall–Kier alpha value is -0.930. The molecule has 1 amide bonds. The van der Waals surface area contributed by atoms with Gasteiger partial charge in [0, 0.05) is 11.6 Å². The molecule has 76 valence electrons. The molecule has 0 aliphatic carbocycles. The Morgan fingerprint density at radius 1 is 1.43 bits per heavy atom. The van der Waals surface area contributed by atoms with E-state index >= 15 is 0 Å². The molecule has 1 aliphatic rings. The van der Waals surface area contributed by atoms with Crippen molar-refractivity contribution >= 4 is 30.1 Å². The van der Waals surface area contributed by atoms with Crippen LogP contribution in [-0.4, -0.2) is 16.1 Å². The molecule has 2 rings (SSSR count). The quantitative estimate of drug-likeness (QED) is 0.749. The fourth-order valence-electron chi connectivity index (χ4n) is 1.52. The van der Waals surface area contributed by atoms with Gasteiger partial charge in [0.2, 0.25) is 0 Å². The maximum Gasteiger partial charge on any atom is 0.407 e. The Morgan fingerprint density at radius 3 is 2.71 bits per heavy atom. The molecule has 0 aromatic heterocycles. The monoisotopic (exact) mass is 233 g/mol. The predicted octanol–water partition coefficient (Wildman–Crippen LogP) is 2.76. The minimum Gasteiger partial charge on any atom is -0.465 e. The van der Waals surface area contributed by atoms with E-state index in [-0.39, 0.29) is 12.4 Å². The molecule has 0 unspecified atom stereocenters. The van der Waals surface area contributed by atoms with Gasteiger partial charge < -0.3 is 5.11 Å². The summed E-state index contributed by atoms with van der Waals surface area (Å²) in [6, 6.07) is 5.53. The van der Waals surface area contributed by atoms with Crippen LogP contribution in [0.5, 0.6) is 0 Å². The van der Waals surface area contributed by atoms with Gasteiger partial charge in [-0.25, -0.2) is 4.79 Å². The molecule has 1 heterocycles. The molecule has 0 radical (unpaired) electrons. The average Bonchev–Trinajstić information content (AvgIpc) is 2.49. The van der Waals surface area contributed by atoms with Gasteiger partial charge in [0.1, 0.15) is 0 Å². The number of benzene rings is 1. The van der Waals surface area contributed by atoms with Gasteiger partial charge in [0.15, 0.2) is 0 Å². The maximum atomic E-state index is 10.7. The zero-order chi connectivity index (χ0) is 9.42. The van der Waals surface area contributed by atoms with Crippen molar-refractivity contribution in [2.45, 2.75) is 13.1 Å². The average molecular weight is 234 g/mol. The molecular formula is C9H9Cl2NO2. The molecule has 0 bridgehead atoms. The molecule has 1 aliphatic heterocycles. The van der Waals surface area contributed by atoms with Crippen LogP contribution in [0.3, 0.4) is 0 Å². The van der Waals surface area contributed by atoms with Crippen LogP contribution in [0.2, 0.25) is 5.02 Å². The van der Waals surface area contributed by atoms with Crippen LogP contribution in [0, 0.1) is 0 Å². The molecule has 5 heteroatoms. The van der Waals surface area contributed by atoms with Crippen LogP contribution in [0.25, 0.3) is 0 Å². The van der Waals surface area contributed by atoms with Crippen LogP contribution >= 0.6 is 24.0 Å². The molecule has 14 heavy (non-hydrogen) atoms. The van der Waals surface area contributed by atoms with Crippen molar-refractivity contribution in [1.82, 2.24) is 4.90 Å². The number of rotatable bonds is 0. The Kier molecular flexibility index (Phi) is 3.24. The van der Waals surface area contributed by atoms with E-state index in [9.17, 15) is 4.79 Å². The number of fused-ring (bicyclic) bond motifs is 1. The van der Waals surface area contributed by atoms with Crippen molar-refractivity contribution < 1.29 is 9.90 Å². The van der Waals surface area contributed by atoms with Gasteiger partial charge in [-0.15, -0.1) is 12.4 Å². The molecular weight excluding hydrogens is 225 g/mol. The molecule has 1 N–H and O–H groups in total. The van der Waals surface area contributed by atoms with Gasteiger partial charge in [-0.1, -0.05) is 23.7 Å². The summed E-state index contributed by atoms with van der Waals surface area (Å²) < 4.78 is 0. The van der Waals surface area contributed by atoms with Gasteiger partial charge in [-0.05, 0) is 17.2 Å². The normalized spacial score (nSPS) is 13.4. The first-order chi connectivity index (χ1) is 6.18. The van der Waals surface area contributed by atoms with E-state index in [1.807, 2.05) is 12.1 Å². The van der Waals surface area contributed by atoms with Crippen LogP contribution < -0.4 is 0 Å². The fourth-order valence-corrected chi connectivity index (χ4v) is 1.77. The Bertz CT molecular complexity index is 368. The Labute approximate surface area is 92.7 Å². The molecule has 3 nitrogen and oxygen atoms in total. The van der Waals surface area contributed by atoms with Crippen molar-refractivity contribution in [1.29, 1.82) is 0 Å². The van der Waals surface area contributed by atoms with E-state index in [2.05, 4.69) is 0 Å². The third-order valence-corrected chi connectivity index (χ3v) is 2.55. The molecule has 0 saturated heterocycles. The molecule has 0 saturated carbocycles. The van der Waals surface area contributed by atoms with Crippen molar-refractivity contribution in [3.63, 3.8) is 0 Å². The first-order valence-electron chi connectivity index (χ1n) is 3.92. The summed E-state index contributed by atoms with van der Waals surface area (Å²) in [7, 11) is 0. The Morgan fingerprint density at radius 2 is 2.14 bits per heavy atom. The molecule has 0 spiro atoms. The second-order valence-electron chi connectivity index (χ2n) is 3.02. The highest BCUT2D eigenvalue weighted by Gasteiger charge is 2.23. The van der Waals surface area contributed by atoms with E-state index < -0.39 is 6.09 Å². The van der Waals surface area contributed by atoms with E-state index in [1.54, 1.807) is 6.07 Å². The molecule has 0 atom stereocenters. The standard InChI is InChI=1S/C9H8ClNO2.ClH/c10-8-3-1-2-6-4-11(9(12)13)5-7(6)8;/h1-3H,4-5H2,(H,12,13);1H. The summed E-state index contributed by atoms with van der Waals surface area (Å²) in [4.78, 5) is 12.0. The van der Waals surface area contributed by atoms with Crippen molar-refractivity contribution in [3.05, 3.63) is 34.3 Å². The van der Waals surface area contributed by atoms with E-state index in [4.69, 9.17) is 16.7 Å². The summed E-state index contributed by atoms with van der Waals surface area (Å²) in [5.74, 6) is 0. The fraction of sp³-hybridized carbons (Fsp3) is 0.222. The lowest BCUT2D eigenvalue weighted by Gasteiger charge is -2.08. The number of hydrogen-bond donors (Lipinski definition) is 1. The summed E-state index contributed by atoms with van der Waals surface area (Å²) in [6.07, 6.45) is -0.896. The summed E-state index contributed by atoms with van der Waals surface area (Å²) in [5, 5.41) is 9.41. The molecule has 1 aromatic carbocycles. The largest absolute Gasteiger partial charge is 0.465 e. The first-order valence-corrected chi connectivity index (χ1v) is 4.30. The summed E-state index contributed by atoms with van der Waals surface area (Å²) in [6.45, 7) is 0.857. The number of nitrogens with zero attached hydrogens (tertiary/aromatic N) is 1. The molecule has 1 aromatic rings. The van der Waals surface area contributed by atoms with Gasteiger partial charge in [-0.3, -0.25) is 4.90 Å². The van der Waals surface area contributed by atoms with Crippen LogP contribution in [-0.2, 0) is 13.1 Å². The highest BCUT2D eigenvalue weighted by molar-refractivity contribution is 6.31. The summed E-state index contributed by atoms with van der Waals surface area (Å²) >= 11 is 5.92. The second kappa shape index (κ2) is 4.07. The van der Waals surface area contributed by atoms with Crippen LogP contribution in [0.4, 0.5) is 4.79 Å². The minimum atomic E-state index is -0.896. The van der Waals surface area contributed by atoms with Crippen LogP contribution in [0.15, 0.2) is 18.2 Å². The first kappa shape index (κ1) is 11.1. The number of carbonyl (C=O) groups is 1. The minimum absolute atomic E-state index is 0. The second-order valence-corrected chi connectivity index (χ2v) is 3.42. The SMILES string of the molecule is Cl.O=C(O)N1Cc2cccc(Cl)c2C1. The topological polar surface area (TPSA) is 40.5 Å². The maximum absolute atomic E-state index is 10.7. The zero-order valence-electron chi connectivity index (χ0n) is 7.24. The predicted molar refractivity (Wildman–Crippen MR) is 56.0 cm³/mol. The van der Waals surface area contributed by atoms with Crippen molar-refractivity contribution in [2.24, 2.45) is 0 Å². The summed E-state index contributed by atoms with van der Waals surface area (Å²) in [5.41, 5.74) is 1.95. The van der Waals surface area contributed by atoms with E-state index in [0.29, 0.717) is 18.1 Å². The van der Waals surface area contributed by atoms with Gasteiger partial charge >= 0.3 is 6.09 Å². The van der Waals surface area contributed by atoms with Crippen LogP contribution in [0.1, 0.15) is 11.1 Å². The highest BCUT2D eigenvalue weighted by atomic mass is 35.5. The van der Waals surface area contributed by atoms with E-state index in [0.717, 1.165) is 11.1 Å². The lowest BCUT2D eigenvalue weighted by molar-refractivity contribution is 0.145. The van der Waals surface area contributed by atoms with Crippen molar-refractivity contribution in [3.8, 4) is 0 Å². The lowest BCUT2D eigenvalue weighted by atomic mass is 10.1. The van der Waals surface area contributed by atoms with Gasteiger partial charge in [-0.2, -0.15) is 0 Å². The number of amides is 1. The zero-order valence-corrected chi connectivity index (χ0v) is 8.81. The number of halogens is 2. The third kappa shape index (κ3) is 1.79. The lowest BCUT2D eigenvalue weighted by Crippen LogP contribution is -2.22. The van der Waals surface area contributed by atoms with Gasteiger partial charge in [0.05, 0.1) is 6.54 Å². The molecule has 0 fully saturated rings. The number of hydrogen-bond acceptors (Lipinski definition) is 1. The Balaban J connectivity index is 0.000000980. The third-order valence-electron chi connectivity index (χ3n) is 2.20. The highest BCUT2D eigenvalue weighted by Crippen LogP contribution is 2.28. The smallest absolute Gasteiger partial charge is 0.407 e. The van der Waals surface area contributed by atoms with Gasteiger partial charge in [0.25, 0.3) is 0 Å². The van der Waals surface area contributed by atoms with E-state index in [1.165, 1.54) is 4.90 Å².